The summed E-state index contributed by atoms with van der Waals surface area (Å²) in [5.41, 5.74) is 0. The molecule has 0 aromatic carbocycles. The molecule has 0 spiro atoms. The van der Waals surface area contributed by atoms with Crippen molar-refractivity contribution < 1.29 is 13.2 Å². The van der Waals surface area contributed by atoms with Crippen LogP contribution in [-0.4, -0.2) is 7.60 Å². The molecule has 0 saturated heterocycles. The van der Waals surface area contributed by atoms with Gasteiger partial charge in [0.15, 0.2) is 0 Å². The lowest BCUT2D eigenvalue weighted by molar-refractivity contribution is -0.0185. The topological polar surface area (TPSA) is 0 Å². The average molecular weight is 350 g/mol. The van der Waals surface area contributed by atoms with Crippen molar-refractivity contribution in [2.24, 2.45) is 0 Å². The van der Waals surface area contributed by atoms with E-state index in [1.165, 1.54) is 0 Å². The average Bonchev–Trinajstić information content (AvgIpc) is 1.25. The van der Waals surface area contributed by atoms with Crippen LogP contribution in [0.2, 0.25) is 0 Å². The predicted molar refractivity (Wildman–Crippen MR) is 42.5 cm³/mol. The van der Waals surface area contributed by atoms with Gasteiger partial charge in [0.05, 0.1) is 0 Å². The van der Waals surface area contributed by atoms with E-state index in [1.54, 1.807) is 0 Å². The molecule has 0 atom stereocenters. The highest BCUT2D eigenvalue weighted by Gasteiger charge is 2.46. The zero-order valence-corrected chi connectivity index (χ0v) is 8.20. The summed E-state index contributed by atoms with van der Waals surface area (Å²) in [6.07, 6.45) is 0. The Kier molecular flexibility index (Phi) is 2.86. The summed E-state index contributed by atoms with van der Waals surface area (Å²) in [6.45, 7) is 0.547. The van der Waals surface area contributed by atoms with Crippen LogP contribution < -0.4 is 0 Å². The molecule has 50 valence electrons. The van der Waals surface area contributed by atoms with Gasteiger partial charge >= 0.3 is 0 Å². The molecule has 5 heteroatoms. The van der Waals surface area contributed by atoms with Crippen LogP contribution in [0.5, 0.6) is 0 Å². The Hall–Kier alpha value is 1.25. The molecule has 0 aliphatic rings. The first-order valence-corrected chi connectivity index (χ1v) is 3.85. The van der Waals surface area contributed by atoms with E-state index >= 15 is 0 Å². The summed E-state index contributed by atoms with van der Waals surface area (Å²) in [5.74, 6) is -3.26. The summed E-state index contributed by atoms with van der Waals surface area (Å²) in [4.78, 5) is 0. The van der Waals surface area contributed by atoms with Gasteiger partial charge in [-0.3, -0.25) is 0 Å². The van der Waals surface area contributed by atoms with E-state index in [4.69, 9.17) is 0 Å². The minimum Gasteiger partial charge on any atom is -0.214 e. The predicted octanol–water partition coefficient (Wildman–Crippen LogP) is 3.13. The molecule has 0 aliphatic carbocycles. The van der Waals surface area contributed by atoms with Crippen LogP contribution in [0.25, 0.3) is 0 Å². The van der Waals surface area contributed by atoms with Crippen molar-refractivity contribution in [2.45, 2.75) is 14.5 Å². The van der Waals surface area contributed by atoms with Gasteiger partial charge in [-0.1, -0.05) is 0 Å². The molecule has 0 aromatic rings. The molecule has 0 heterocycles. The van der Waals surface area contributed by atoms with E-state index in [0.29, 0.717) is 6.92 Å². The highest BCUT2D eigenvalue weighted by molar-refractivity contribution is 14.2. The largest absolute Gasteiger partial charge is 0.296 e. The molecule has 0 saturated carbocycles. The van der Waals surface area contributed by atoms with Crippen molar-refractivity contribution in [3.05, 3.63) is 0 Å². The molecule has 0 bridgehead atoms. The highest BCUT2D eigenvalue weighted by atomic mass is 127. The van der Waals surface area contributed by atoms with E-state index in [0.717, 1.165) is 45.2 Å². The number of halogens is 5. The van der Waals surface area contributed by atoms with Crippen LogP contribution in [-0.2, 0) is 0 Å². The smallest absolute Gasteiger partial charge is 0.214 e. The SMILES string of the molecule is CC(F)(F)C(F)(I)I. The zero-order valence-electron chi connectivity index (χ0n) is 3.89. The number of hydrogen-bond acceptors (Lipinski definition) is 0. The van der Waals surface area contributed by atoms with Gasteiger partial charge in [0, 0.05) is 6.92 Å². The molecule has 0 unspecified atom stereocenters. The van der Waals surface area contributed by atoms with Gasteiger partial charge in [-0.15, -0.1) is 0 Å². The second-order valence-corrected chi connectivity index (χ2v) is 6.42. The third kappa shape index (κ3) is 2.70. The normalized spacial score (nSPS) is 14.2. The van der Waals surface area contributed by atoms with E-state index in [-0.39, 0.29) is 0 Å². The van der Waals surface area contributed by atoms with Gasteiger partial charge in [-0.05, 0) is 45.2 Å². The third-order valence-electron chi connectivity index (χ3n) is 0.498. The first-order valence-electron chi connectivity index (χ1n) is 1.69. The van der Waals surface area contributed by atoms with Crippen molar-refractivity contribution in [1.82, 2.24) is 0 Å². The molecule has 0 nitrogen and oxygen atoms in total. The van der Waals surface area contributed by atoms with Crippen LogP contribution in [0.1, 0.15) is 6.92 Å². The van der Waals surface area contributed by atoms with Crippen molar-refractivity contribution in [3.63, 3.8) is 0 Å². The van der Waals surface area contributed by atoms with Gasteiger partial charge in [0.1, 0.15) is 0 Å². The van der Waals surface area contributed by atoms with E-state index in [2.05, 4.69) is 0 Å². The standard InChI is InChI=1S/C3H3F3I2/c1-2(4,5)3(6,7)8/h1H3. The zero-order chi connectivity index (χ0) is 7.00. The Morgan fingerprint density at radius 1 is 1.12 bits per heavy atom. The van der Waals surface area contributed by atoms with Crippen molar-refractivity contribution >= 4 is 45.2 Å². The van der Waals surface area contributed by atoms with Crippen LogP contribution >= 0.6 is 45.2 Å². The molecule has 8 heavy (non-hydrogen) atoms. The second kappa shape index (κ2) is 2.47. The molecule has 0 aliphatic heterocycles. The number of hydrogen-bond donors (Lipinski definition) is 0. The lowest BCUT2D eigenvalue weighted by atomic mass is 10.4. The van der Waals surface area contributed by atoms with Gasteiger partial charge in [0.2, 0.25) is 0 Å². The summed E-state index contributed by atoms with van der Waals surface area (Å²) in [6, 6.07) is 0. The Morgan fingerprint density at radius 2 is 1.25 bits per heavy atom. The van der Waals surface area contributed by atoms with Crippen LogP contribution in [0.4, 0.5) is 13.2 Å². The Morgan fingerprint density at radius 3 is 1.25 bits per heavy atom. The first kappa shape index (κ1) is 9.25. The molecule has 0 rings (SSSR count). The van der Waals surface area contributed by atoms with Crippen LogP contribution in [0.15, 0.2) is 0 Å². The Bertz CT molecular complexity index is 67.5. The fourth-order valence-electron chi connectivity index (χ4n) is 0. The third-order valence-corrected chi connectivity index (χ3v) is 2.39. The minimum atomic E-state index is -3.26. The summed E-state index contributed by atoms with van der Waals surface area (Å²) < 4.78 is 33.3. The monoisotopic (exact) mass is 350 g/mol. The van der Waals surface area contributed by atoms with E-state index in [9.17, 15) is 13.2 Å². The lowest BCUT2D eigenvalue weighted by Crippen LogP contribution is -2.28. The van der Waals surface area contributed by atoms with Gasteiger partial charge in [-0.2, -0.15) is 0 Å². The molecular formula is C3H3F3I2. The Labute approximate surface area is 72.5 Å². The maximum absolute atomic E-state index is 12.1. The summed E-state index contributed by atoms with van der Waals surface area (Å²) in [5, 5.41) is 0. The van der Waals surface area contributed by atoms with Crippen molar-refractivity contribution in [3.8, 4) is 0 Å². The van der Waals surface area contributed by atoms with Crippen molar-refractivity contribution in [2.75, 3.05) is 0 Å². The van der Waals surface area contributed by atoms with Crippen molar-refractivity contribution in [1.29, 1.82) is 0 Å². The maximum atomic E-state index is 12.1. The molecule has 0 radical (unpaired) electrons. The molecule has 0 amide bonds. The van der Waals surface area contributed by atoms with Gasteiger partial charge < -0.3 is 0 Å². The quantitative estimate of drug-likeness (QED) is 0.504. The van der Waals surface area contributed by atoms with E-state index in [1.807, 2.05) is 0 Å². The number of rotatable bonds is 1. The fourth-order valence-corrected chi connectivity index (χ4v) is 0. The van der Waals surface area contributed by atoms with E-state index < -0.39 is 7.60 Å². The van der Waals surface area contributed by atoms with Crippen LogP contribution in [0.3, 0.4) is 0 Å². The van der Waals surface area contributed by atoms with Gasteiger partial charge in [0.25, 0.3) is 7.60 Å². The molecule has 0 fully saturated rings. The second-order valence-electron chi connectivity index (χ2n) is 1.39. The summed E-state index contributed by atoms with van der Waals surface area (Å²) in [7, 11) is 0. The van der Waals surface area contributed by atoms with Gasteiger partial charge in [-0.25, -0.2) is 13.2 Å². The molecule has 0 N–H and O–H groups in total. The Balaban J connectivity index is 4.02. The first-order chi connectivity index (χ1) is 3.25. The minimum absolute atomic E-state index is 0.547. The maximum Gasteiger partial charge on any atom is 0.296 e. The highest BCUT2D eigenvalue weighted by Crippen LogP contribution is 2.43. The molecule has 0 aromatic heterocycles. The fraction of sp³-hybridized carbons (Fsp3) is 1.00. The van der Waals surface area contributed by atoms with Crippen LogP contribution in [0, 0.1) is 0 Å². The summed E-state index contributed by atoms with van der Waals surface area (Å²) >= 11 is 2.11. The molecular weight excluding hydrogens is 347 g/mol. The lowest BCUT2D eigenvalue weighted by Gasteiger charge is -2.17. The number of alkyl halides is 5.